The van der Waals surface area contributed by atoms with Crippen LogP contribution in [-0.2, 0) is 0 Å². The Hall–Kier alpha value is -2.52. The highest BCUT2D eigenvalue weighted by Crippen LogP contribution is 2.32. The maximum atomic E-state index is 13.6. The van der Waals surface area contributed by atoms with Crippen LogP contribution in [0.4, 0.5) is 13.9 Å². The maximum absolute atomic E-state index is 13.6. The molecule has 4 rings (SSSR count). The first-order valence-corrected chi connectivity index (χ1v) is 11.1. The zero-order valence-electron chi connectivity index (χ0n) is 18.0. The highest BCUT2D eigenvalue weighted by Gasteiger charge is 2.43. The van der Waals surface area contributed by atoms with E-state index < -0.39 is 5.92 Å². The molecular formula is C22H26F2N4O2S. The molecule has 1 saturated heterocycles. The molecule has 9 heteroatoms. The molecule has 0 unspecified atom stereocenters. The molecule has 1 aliphatic rings. The van der Waals surface area contributed by atoms with Gasteiger partial charge in [0.25, 0.3) is 5.92 Å². The largest absolute Gasteiger partial charge is 0.492 e. The fourth-order valence-electron chi connectivity index (χ4n) is 3.87. The highest BCUT2D eigenvalue weighted by atomic mass is 32.1. The number of halogens is 2. The number of nitrogens with zero attached hydrogens (tertiary/aromatic N) is 2. The first-order valence-electron chi connectivity index (χ1n) is 10.2. The number of benzene rings is 1. The van der Waals surface area contributed by atoms with Gasteiger partial charge in [-0.25, -0.2) is 13.8 Å². The van der Waals surface area contributed by atoms with E-state index in [0.717, 1.165) is 10.7 Å². The molecule has 2 N–H and O–H groups in total. The van der Waals surface area contributed by atoms with E-state index in [1.807, 2.05) is 26.2 Å². The van der Waals surface area contributed by atoms with Crippen molar-refractivity contribution in [1.82, 2.24) is 14.9 Å². The van der Waals surface area contributed by atoms with Gasteiger partial charge in [0.2, 0.25) is 0 Å². The van der Waals surface area contributed by atoms with Crippen LogP contribution in [0.15, 0.2) is 28.4 Å². The maximum Gasteiger partial charge on any atom is 0.262 e. The molecule has 0 spiro atoms. The molecule has 2 aromatic heterocycles. The lowest BCUT2D eigenvalue weighted by atomic mass is 10.1. The summed E-state index contributed by atoms with van der Waals surface area (Å²) in [6.07, 6.45) is -0.215. The first kappa shape index (κ1) is 21.7. The predicted octanol–water partition coefficient (Wildman–Crippen LogP) is 4.50. The Morgan fingerprint density at radius 1 is 1.42 bits per heavy atom. The van der Waals surface area contributed by atoms with Gasteiger partial charge in [0.05, 0.1) is 23.4 Å². The fourth-order valence-corrected chi connectivity index (χ4v) is 4.73. The Labute approximate surface area is 183 Å². The minimum atomic E-state index is -2.68. The minimum absolute atomic E-state index is 0.111. The van der Waals surface area contributed by atoms with Crippen LogP contribution < -0.4 is 15.5 Å². The lowest BCUT2D eigenvalue weighted by molar-refractivity contribution is 0.0137. The van der Waals surface area contributed by atoms with Crippen LogP contribution in [0.3, 0.4) is 0 Å². The van der Waals surface area contributed by atoms with Crippen molar-refractivity contribution in [2.75, 3.05) is 25.5 Å². The molecule has 31 heavy (non-hydrogen) atoms. The van der Waals surface area contributed by atoms with Crippen molar-refractivity contribution in [3.8, 4) is 17.1 Å². The van der Waals surface area contributed by atoms with Crippen molar-refractivity contribution >= 4 is 27.4 Å². The van der Waals surface area contributed by atoms with Crippen LogP contribution in [0.5, 0.6) is 5.75 Å². The molecule has 0 aliphatic carbocycles. The summed E-state index contributed by atoms with van der Waals surface area (Å²) >= 11 is 1.48. The number of aromatic amines is 1. The second-order valence-corrected chi connectivity index (χ2v) is 9.29. The van der Waals surface area contributed by atoms with Crippen molar-refractivity contribution < 1.29 is 13.5 Å². The van der Waals surface area contributed by atoms with Gasteiger partial charge in [-0.05, 0) is 40.0 Å². The van der Waals surface area contributed by atoms with Gasteiger partial charge in [0.15, 0.2) is 10.6 Å². The Morgan fingerprint density at radius 2 is 2.19 bits per heavy atom. The Kier molecular flexibility index (Phi) is 5.74. The molecule has 0 radical (unpaired) electrons. The van der Waals surface area contributed by atoms with E-state index in [0.29, 0.717) is 28.0 Å². The molecule has 0 amide bonds. The van der Waals surface area contributed by atoms with Crippen LogP contribution in [0.25, 0.3) is 22.3 Å². The zero-order chi connectivity index (χ0) is 22.3. The Morgan fingerprint density at radius 3 is 2.87 bits per heavy atom. The number of fused-ring (bicyclic) bond motifs is 1. The lowest BCUT2D eigenvalue weighted by Crippen LogP contribution is -2.30. The number of nitrogens with one attached hydrogen (secondary N) is 2. The summed E-state index contributed by atoms with van der Waals surface area (Å²) < 4.78 is 33.2. The molecule has 166 valence electrons. The molecule has 0 saturated carbocycles. The number of alkyl halides is 2. The number of likely N-dealkylation sites (N-methyl/N-ethyl adjacent to an activating group) is 1. The summed E-state index contributed by atoms with van der Waals surface area (Å²) in [5, 5.41) is 6.49. The number of H-pyrrole nitrogens is 1. The third-order valence-electron chi connectivity index (χ3n) is 5.48. The SMILES string of the molecule is Cc1c(OC[C@@H]2CC(F)(F)CN2C)ccc2c(=O)cc(-c3csc(NC(C)C)n3)[nH]c12. The summed E-state index contributed by atoms with van der Waals surface area (Å²) in [4.78, 5) is 22.2. The average molecular weight is 449 g/mol. The summed E-state index contributed by atoms with van der Waals surface area (Å²) in [5.74, 6) is -2.11. The van der Waals surface area contributed by atoms with E-state index >= 15 is 0 Å². The monoisotopic (exact) mass is 448 g/mol. The van der Waals surface area contributed by atoms with Crippen LogP contribution in [0.2, 0.25) is 0 Å². The number of hydrogen-bond donors (Lipinski definition) is 2. The fraction of sp³-hybridized carbons (Fsp3) is 0.455. The van der Waals surface area contributed by atoms with E-state index in [2.05, 4.69) is 15.3 Å². The third-order valence-corrected chi connectivity index (χ3v) is 6.25. The second kappa shape index (κ2) is 8.20. The van der Waals surface area contributed by atoms with Gasteiger partial charge in [-0.3, -0.25) is 9.69 Å². The van der Waals surface area contributed by atoms with Crippen molar-refractivity contribution in [1.29, 1.82) is 0 Å². The molecular weight excluding hydrogens is 422 g/mol. The third kappa shape index (κ3) is 4.57. The molecule has 1 atom stereocenters. The number of likely N-dealkylation sites (tertiary alicyclic amines) is 1. The number of thiazole rings is 1. The molecule has 6 nitrogen and oxygen atoms in total. The topological polar surface area (TPSA) is 70.2 Å². The van der Waals surface area contributed by atoms with Crippen LogP contribution in [0.1, 0.15) is 25.8 Å². The van der Waals surface area contributed by atoms with E-state index in [-0.39, 0.29) is 37.1 Å². The zero-order valence-corrected chi connectivity index (χ0v) is 18.8. The van der Waals surface area contributed by atoms with Gasteiger partial charge in [-0.1, -0.05) is 0 Å². The second-order valence-electron chi connectivity index (χ2n) is 8.44. The number of pyridine rings is 1. The van der Waals surface area contributed by atoms with E-state index in [9.17, 15) is 13.6 Å². The van der Waals surface area contributed by atoms with Gasteiger partial charge in [-0.15, -0.1) is 11.3 Å². The number of ether oxygens (including phenoxy) is 1. The number of rotatable bonds is 6. The molecule has 1 aliphatic heterocycles. The summed E-state index contributed by atoms with van der Waals surface area (Å²) in [6.45, 7) is 5.84. The average Bonchev–Trinajstić information content (AvgIpc) is 3.24. The van der Waals surface area contributed by atoms with Crippen LogP contribution >= 0.6 is 11.3 Å². The quantitative estimate of drug-likeness (QED) is 0.581. The van der Waals surface area contributed by atoms with E-state index in [4.69, 9.17) is 4.74 Å². The number of hydrogen-bond acceptors (Lipinski definition) is 6. The molecule has 3 aromatic rings. The number of aryl methyl sites for hydroxylation is 1. The molecule has 3 heterocycles. The van der Waals surface area contributed by atoms with Crippen LogP contribution in [0, 0.1) is 6.92 Å². The Balaban J connectivity index is 1.62. The van der Waals surface area contributed by atoms with Crippen molar-refractivity contribution in [3.63, 3.8) is 0 Å². The van der Waals surface area contributed by atoms with E-state index in [1.54, 1.807) is 30.1 Å². The first-order chi connectivity index (χ1) is 14.6. The van der Waals surface area contributed by atoms with Crippen molar-refractivity contribution in [3.05, 3.63) is 39.4 Å². The van der Waals surface area contributed by atoms with Gasteiger partial charge < -0.3 is 15.0 Å². The number of aromatic nitrogens is 2. The molecule has 0 bridgehead atoms. The van der Waals surface area contributed by atoms with Gasteiger partial charge >= 0.3 is 0 Å². The number of anilines is 1. The van der Waals surface area contributed by atoms with Gasteiger partial charge in [0, 0.05) is 40.9 Å². The normalized spacial score (nSPS) is 18.7. The smallest absolute Gasteiger partial charge is 0.262 e. The predicted molar refractivity (Wildman–Crippen MR) is 121 cm³/mol. The Bertz CT molecular complexity index is 1160. The summed E-state index contributed by atoms with van der Waals surface area (Å²) in [7, 11) is 1.68. The summed E-state index contributed by atoms with van der Waals surface area (Å²) in [5.41, 5.74) is 2.63. The van der Waals surface area contributed by atoms with E-state index in [1.165, 1.54) is 11.3 Å². The molecule has 1 aromatic carbocycles. The minimum Gasteiger partial charge on any atom is -0.492 e. The molecule has 1 fully saturated rings. The summed E-state index contributed by atoms with van der Waals surface area (Å²) in [6, 6.07) is 4.90. The van der Waals surface area contributed by atoms with Gasteiger partial charge in [-0.2, -0.15) is 0 Å². The standard InChI is InChI=1S/C22H26F2N4O2S/c1-12(2)25-21-27-17(10-31-21)16-7-18(29)15-5-6-19(13(3)20(15)26-16)30-9-14-8-22(23,24)11-28(14)4/h5-7,10,12,14H,8-9,11H2,1-4H3,(H,25,27)(H,26,29)/t14-/m0/s1. The van der Waals surface area contributed by atoms with Crippen molar-refractivity contribution in [2.24, 2.45) is 0 Å². The van der Waals surface area contributed by atoms with Crippen LogP contribution in [-0.4, -0.2) is 53.1 Å². The van der Waals surface area contributed by atoms with Crippen molar-refractivity contribution in [2.45, 2.75) is 45.2 Å². The van der Waals surface area contributed by atoms with Gasteiger partial charge in [0.1, 0.15) is 12.4 Å². The highest BCUT2D eigenvalue weighted by molar-refractivity contribution is 7.14. The lowest BCUT2D eigenvalue weighted by Gasteiger charge is -2.20.